The number of carbonyl (C=O) groups is 2. The van der Waals surface area contributed by atoms with Crippen molar-refractivity contribution < 1.29 is 19.1 Å². The molecule has 0 heterocycles. The summed E-state index contributed by atoms with van der Waals surface area (Å²) < 4.78 is 9.81. The number of carbonyl (C=O) groups excluding carboxylic acids is 2. The zero-order chi connectivity index (χ0) is 18.1. The molecule has 0 saturated carbocycles. The van der Waals surface area contributed by atoms with E-state index in [-0.39, 0.29) is 17.3 Å². The summed E-state index contributed by atoms with van der Waals surface area (Å²) in [5.41, 5.74) is 1.42. The molecule has 1 aliphatic rings. The van der Waals surface area contributed by atoms with Gasteiger partial charge in [-0.25, -0.2) is 0 Å². The lowest BCUT2D eigenvalue weighted by molar-refractivity contribution is -0.124. The van der Waals surface area contributed by atoms with Crippen LogP contribution in [0.25, 0.3) is 0 Å². The van der Waals surface area contributed by atoms with Gasteiger partial charge in [-0.15, -0.1) is 0 Å². The van der Waals surface area contributed by atoms with Gasteiger partial charge in [0.25, 0.3) is 0 Å². The summed E-state index contributed by atoms with van der Waals surface area (Å²) in [5.74, 6) is 2.39. The summed E-state index contributed by atoms with van der Waals surface area (Å²) in [6, 6.07) is 8.43. The number of ketones is 2. The molecule has 1 aromatic carbocycles. The number of methoxy groups -OCH3 is 2. The molecule has 0 N–H and O–H groups in total. The Morgan fingerprint density at radius 2 is 1.62 bits per heavy atom. The molecule has 0 aliphatic heterocycles. The lowest BCUT2D eigenvalue weighted by atomic mass is 9.86. The van der Waals surface area contributed by atoms with Crippen molar-refractivity contribution in [3.8, 4) is 5.75 Å². The Balaban J connectivity index is 0.000000254. The van der Waals surface area contributed by atoms with Crippen molar-refractivity contribution in [2.24, 2.45) is 5.92 Å². The Labute approximate surface area is 144 Å². The van der Waals surface area contributed by atoms with Crippen LogP contribution in [0.3, 0.4) is 0 Å². The van der Waals surface area contributed by atoms with Crippen LogP contribution >= 0.6 is 0 Å². The molecule has 0 saturated heterocycles. The van der Waals surface area contributed by atoms with E-state index in [4.69, 9.17) is 4.74 Å². The highest BCUT2D eigenvalue weighted by atomic mass is 16.5. The number of Topliss-reactive ketones (excluding diaryl/α,β-unsaturated/α-hetero) is 1. The van der Waals surface area contributed by atoms with Gasteiger partial charge in [0.05, 0.1) is 14.2 Å². The van der Waals surface area contributed by atoms with Gasteiger partial charge in [0, 0.05) is 18.9 Å². The van der Waals surface area contributed by atoms with Gasteiger partial charge in [0.2, 0.25) is 0 Å². The van der Waals surface area contributed by atoms with E-state index in [0.717, 1.165) is 5.75 Å². The molecular formula is C20H28O4. The summed E-state index contributed by atoms with van der Waals surface area (Å²) in [6.45, 7) is 6.80. The Morgan fingerprint density at radius 1 is 1.00 bits per heavy atom. The minimum absolute atomic E-state index is 0.0311. The normalized spacial score (nSPS) is 15.3. The highest BCUT2D eigenvalue weighted by Crippen LogP contribution is 2.28. The topological polar surface area (TPSA) is 52.6 Å². The molecule has 0 amide bonds. The van der Waals surface area contributed by atoms with Crippen molar-refractivity contribution in [2.75, 3.05) is 14.2 Å². The molecule has 0 spiro atoms. The second-order valence-corrected chi connectivity index (χ2v) is 6.13. The van der Waals surface area contributed by atoms with Crippen molar-refractivity contribution in [3.63, 3.8) is 0 Å². The summed E-state index contributed by atoms with van der Waals surface area (Å²) >= 11 is 0. The summed E-state index contributed by atoms with van der Waals surface area (Å²) in [4.78, 5) is 21.5. The average molecular weight is 332 g/mol. The first-order valence-electron chi connectivity index (χ1n) is 8.38. The largest absolute Gasteiger partial charge is 0.497 e. The molecule has 0 radical (unpaired) electrons. The van der Waals surface area contributed by atoms with Crippen molar-refractivity contribution in [2.45, 2.75) is 46.0 Å². The van der Waals surface area contributed by atoms with Crippen LogP contribution in [0, 0.1) is 5.92 Å². The summed E-state index contributed by atoms with van der Waals surface area (Å²) in [5, 5.41) is 0. The molecule has 0 aromatic heterocycles. The van der Waals surface area contributed by atoms with Crippen LogP contribution in [-0.2, 0) is 14.3 Å². The molecule has 0 bridgehead atoms. The fraction of sp³-hybridized carbons (Fsp3) is 0.500. The molecule has 2 rings (SSSR count). The van der Waals surface area contributed by atoms with Crippen molar-refractivity contribution in [1.82, 2.24) is 0 Å². The van der Waals surface area contributed by atoms with Gasteiger partial charge < -0.3 is 9.47 Å². The van der Waals surface area contributed by atoms with Gasteiger partial charge in [0.1, 0.15) is 5.75 Å². The standard InChI is InChI=1S/C13H20O.C7H8O3/c1-5-13(10(2)3)11-6-8-12(14-4)9-7-11;1-10-7-4-5(8)2-3-6(7)9/h6-10,13H,5H2,1-4H3;4H,2-3H2,1H3/t13-;/m0./s1. The molecule has 0 unspecified atom stereocenters. The SMILES string of the molecule is CC[C@H](c1ccc(OC)cc1)C(C)C.COC1=CC(=O)CCC1=O. The molecule has 1 aliphatic carbocycles. The highest BCUT2D eigenvalue weighted by Gasteiger charge is 2.18. The van der Waals surface area contributed by atoms with Gasteiger partial charge >= 0.3 is 0 Å². The third-order valence-corrected chi connectivity index (χ3v) is 4.17. The lowest BCUT2D eigenvalue weighted by Crippen LogP contribution is -2.14. The monoisotopic (exact) mass is 332 g/mol. The first kappa shape index (κ1) is 19.9. The maximum absolute atomic E-state index is 10.8. The Morgan fingerprint density at radius 3 is 2.04 bits per heavy atom. The molecule has 24 heavy (non-hydrogen) atoms. The number of hydrogen-bond acceptors (Lipinski definition) is 4. The third-order valence-electron chi connectivity index (χ3n) is 4.17. The van der Waals surface area contributed by atoms with E-state index in [1.165, 1.54) is 25.2 Å². The smallest absolute Gasteiger partial charge is 0.197 e. The second-order valence-electron chi connectivity index (χ2n) is 6.13. The fourth-order valence-electron chi connectivity index (χ4n) is 2.77. The van der Waals surface area contributed by atoms with Gasteiger partial charge in [-0.1, -0.05) is 32.9 Å². The van der Waals surface area contributed by atoms with Crippen molar-refractivity contribution in [1.29, 1.82) is 0 Å². The van der Waals surface area contributed by atoms with Crippen LogP contribution in [0.5, 0.6) is 5.75 Å². The number of benzene rings is 1. The zero-order valence-corrected chi connectivity index (χ0v) is 15.3. The maximum atomic E-state index is 10.8. The first-order chi connectivity index (χ1) is 11.4. The first-order valence-corrected chi connectivity index (χ1v) is 8.38. The van der Waals surface area contributed by atoms with Gasteiger partial charge in [-0.2, -0.15) is 0 Å². The van der Waals surface area contributed by atoms with Crippen LogP contribution in [0.15, 0.2) is 36.1 Å². The zero-order valence-electron chi connectivity index (χ0n) is 15.3. The number of allylic oxidation sites excluding steroid dienone is 2. The predicted octanol–water partition coefficient (Wildman–Crippen LogP) is 4.29. The van der Waals surface area contributed by atoms with Crippen LogP contribution in [-0.4, -0.2) is 25.8 Å². The number of hydrogen-bond donors (Lipinski definition) is 0. The van der Waals surface area contributed by atoms with Gasteiger partial charge in [-0.05, 0) is 36.0 Å². The van der Waals surface area contributed by atoms with E-state index in [1.54, 1.807) is 7.11 Å². The van der Waals surface area contributed by atoms with E-state index in [2.05, 4.69) is 37.6 Å². The summed E-state index contributed by atoms with van der Waals surface area (Å²) in [6.07, 6.45) is 3.07. The van der Waals surface area contributed by atoms with Gasteiger partial charge in [-0.3, -0.25) is 9.59 Å². The Hall–Kier alpha value is -2.10. The molecule has 4 nitrogen and oxygen atoms in total. The minimum atomic E-state index is -0.0814. The van der Waals surface area contributed by atoms with Crippen LogP contribution in [0.1, 0.15) is 51.5 Å². The van der Waals surface area contributed by atoms with Crippen LogP contribution in [0.4, 0.5) is 0 Å². The van der Waals surface area contributed by atoms with E-state index < -0.39 is 0 Å². The van der Waals surface area contributed by atoms with E-state index in [0.29, 0.717) is 24.7 Å². The Kier molecular flexibility index (Phi) is 8.24. The number of rotatable bonds is 5. The number of ether oxygens (including phenoxy) is 2. The van der Waals surface area contributed by atoms with E-state index in [1.807, 2.05) is 12.1 Å². The minimum Gasteiger partial charge on any atom is -0.497 e. The molecule has 4 heteroatoms. The third kappa shape index (κ3) is 5.84. The molecular weight excluding hydrogens is 304 g/mol. The van der Waals surface area contributed by atoms with E-state index >= 15 is 0 Å². The molecule has 1 atom stereocenters. The summed E-state index contributed by atoms with van der Waals surface area (Å²) in [7, 11) is 3.09. The maximum Gasteiger partial charge on any atom is 0.197 e. The fourth-order valence-corrected chi connectivity index (χ4v) is 2.77. The second kappa shape index (κ2) is 9.91. The quantitative estimate of drug-likeness (QED) is 0.807. The predicted molar refractivity (Wildman–Crippen MR) is 95.2 cm³/mol. The molecule has 132 valence electrons. The molecule has 1 aromatic rings. The van der Waals surface area contributed by atoms with Crippen LogP contribution < -0.4 is 4.74 Å². The van der Waals surface area contributed by atoms with Crippen LogP contribution in [0.2, 0.25) is 0 Å². The lowest BCUT2D eigenvalue weighted by Gasteiger charge is -2.19. The molecule has 0 fully saturated rings. The van der Waals surface area contributed by atoms with E-state index in [9.17, 15) is 9.59 Å². The van der Waals surface area contributed by atoms with Crippen molar-refractivity contribution >= 4 is 11.6 Å². The van der Waals surface area contributed by atoms with Gasteiger partial charge in [0.15, 0.2) is 17.3 Å². The van der Waals surface area contributed by atoms with Crippen molar-refractivity contribution in [3.05, 3.63) is 41.7 Å². The highest BCUT2D eigenvalue weighted by molar-refractivity contribution is 6.06. The Bertz CT molecular complexity index is 570. The average Bonchev–Trinajstić information content (AvgIpc) is 2.58.